The van der Waals surface area contributed by atoms with E-state index in [0.717, 1.165) is 14.8 Å². The van der Waals surface area contributed by atoms with Crippen molar-refractivity contribution in [3.8, 4) is 0 Å². The van der Waals surface area contributed by atoms with Gasteiger partial charge in [-0.15, -0.1) is 0 Å². The molecular weight excluding hydrogens is 537 g/mol. The van der Waals surface area contributed by atoms with Crippen molar-refractivity contribution in [2.24, 2.45) is 0 Å². The number of hydrogen-bond acceptors (Lipinski definition) is 5. The molecule has 3 aromatic carbocycles. The van der Waals surface area contributed by atoms with Gasteiger partial charge in [0.2, 0.25) is 21.8 Å². The van der Waals surface area contributed by atoms with E-state index in [-0.39, 0.29) is 35.9 Å². The van der Waals surface area contributed by atoms with Crippen LogP contribution in [0.15, 0.2) is 77.7 Å². The Hall–Kier alpha value is -3.24. The fourth-order valence-electron chi connectivity index (χ4n) is 4.13. The minimum Gasteiger partial charge on any atom is -0.326 e. The Morgan fingerprint density at radius 2 is 1.68 bits per heavy atom. The summed E-state index contributed by atoms with van der Waals surface area (Å²) >= 11 is 12.0. The van der Waals surface area contributed by atoms with E-state index in [4.69, 9.17) is 23.2 Å². The lowest BCUT2D eigenvalue weighted by atomic mass is 10.1. The predicted molar refractivity (Wildman–Crippen MR) is 142 cm³/mol. The molecule has 1 fully saturated rings. The molecule has 0 aromatic heterocycles. The van der Waals surface area contributed by atoms with Gasteiger partial charge >= 0.3 is 0 Å². The van der Waals surface area contributed by atoms with E-state index in [1.54, 1.807) is 30.3 Å². The summed E-state index contributed by atoms with van der Waals surface area (Å²) in [5.74, 6) is -1.44. The predicted octanol–water partition coefficient (Wildman–Crippen LogP) is 4.52. The van der Waals surface area contributed by atoms with Crippen LogP contribution >= 0.6 is 23.2 Å². The molecule has 8 nitrogen and oxygen atoms in total. The van der Waals surface area contributed by atoms with Crippen molar-refractivity contribution in [2.45, 2.75) is 30.7 Å². The van der Waals surface area contributed by atoms with Gasteiger partial charge in [-0.25, -0.2) is 13.3 Å². The number of imide groups is 1. The fraction of sp³-hybridized carbons (Fsp3) is 0.192. The average Bonchev–Trinajstić information content (AvgIpc) is 3.13. The van der Waals surface area contributed by atoms with Crippen molar-refractivity contribution in [2.75, 3.05) is 16.8 Å². The first kappa shape index (κ1) is 26.8. The second-order valence-electron chi connectivity index (χ2n) is 8.46. The van der Waals surface area contributed by atoms with E-state index >= 15 is 0 Å². The third-order valence-electron chi connectivity index (χ3n) is 5.85. The first-order valence-electron chi connectivity index (χ1n) is 11.3. The number of nitrogens with one attached hydrogen (secondary N) is 1. The van der Waals surface area contributed by atoms with E-state index in [1.807, 2.05) is 6.07 Å². The Labute approximate surface area is 224 Å². The molecule has 3 aromatic rings. The van der Waals surface area contributed by atoms with Gasteiger partial charge in [-0.3, -0.25) is 14.4 Å². The lowest BCUT2D eigenvalue weighted by Crippen LogP contribution is -2.46. The number of nitrogens with zero attached hydrogens (tertiary/aromatic N) is 2. The van der Waals surface area contributed by atoms with Gasteiger partial charge in [0.05, 0.1) is 17.0 Å². The molecule has 37 heavy (non-hydrogen) atoms. The van der Waals surface area contributed by atoms with Crippen molar-refractivity contribution >= 4 is 62.3 Å². The van der Waals surface area contributed by atoms with Gasteiger partial charge < -0.3 is 5.32 Å². The molecule has 192 valence electrons. The van der Waals surface area contributed by atoms with E-state index < -0.39 is 27.9 Å². The molecule has 1 atom stereocenters. The SMILES string of the molecule is CC(=O)Nc1ccc(N2C(=O)CC(N(CCc3cccc(Cl)c3)S(=O)(=O)c3ccc(Cl)cc3)C2=O)cc1. The zero-order valence-electron chi connectivity index (χ0n) is 19.7. The standard InChI is InChI=1S/C26H23Cl2N3O5S/c1-17(32)29-21-7-9-22(10-8-21)31-25(33)16-24(26(31)34)30(14-13-18-3-2-4-20(28)15-18)37(35,36)23-11-5-19(27)6-12-23/h2-12,15,24H,13-14,16H2,1H3,(H,29,32). The van der Waals surface area contributed by atoms with Crippen LogP contribution in [0.25, 0.3) is 0 Å². The average molecular weight is 560 g/mol. The second kappa shape index (κ2) is 11.0. The van der Waals surface area contributed by atoms with Crippen LogP contribution in [0, 0.1) is 0 Å². The molecule has 1 aliphatic rings. The summed E-state index contributed by atoms with van der Waals surface area (Å²) in [5.41, 5.74) is 1.57. The highest BCUT2D eigenvalue weighted by molar-refractivity contribution is 7.89. The molecule has 0 radical (unpaired) electrons. The van der Waals surface area contributed by atoms with Crippen LogP contribution in [0.5, 0.6) is 0 Å². The van der Waals surface area contributed by atoms with Crippen LogP contribution in [0.3, 0.4) is 0 Å². The summed E-state index contributed by atoms with van der Waals surface area (Å²) in [5, 5.41) is 3.49. The number of carbonyl (C=O) groups is 3. The number of benzene rings is 3. The van der Waals surface area contributed by atoms with Crippen LogP contribution in [0.2, 0.25) is 10.0 Å². The van der Waals surface area contributed by atoms with Gasteiger partial charge in [-0.2, -0.15) is 4.31 Å². The lowest BCUT2D eigenvalue weighted by Gasteiger charge is -2.27. The summed E-state index contributed by atoms with van der Waals surface area (Å²) in [6.07, 6.45) is -0.0363. The molecule has 0 bridgehead atoms. The monoisotopic (exact) mass is 559 g/mol. The Morgan fingerprint density at radius 1 is 1.00 bits per heavy atom. The lowest BCUT2D eigenvalue weighted by molar-refractivity contribution is -0.122. The van der Waals surface area contributed by atoms with Crippen LogP contribution in [-0.4, -0.2) is 43.0 Å². The highest BCUT2D eigenvalue weighted by atomic mass is 35.5. The van der Waals surface area contributed by atoms with Gasteiger partial charge in [0.15, 0.2) is 0 Å². The van der Waals surface area contributed by atoms with Crippen molar-refractivity contribution in [3.05, 3.63) is 88.4 Å². The molecule has 0 spiro atoms. The zero-order chi connectivity index (χ0) is 26.7. The Morgan fingerprint density at radius 3 is 2.30 bits per heavy atom. The van der Waals surface area contributed by atoms with Crippen molar-refractivity contribution < 1.29 is 22.8 Å². The molecule has 0 saturated carbocycles. The van der Waals surface area contributed by atoms with Gasteiger partial charge in [0.1, 0.15) is 6.04 Å². The summed E-state index contributed by atoms with van der Waals surface area (Å²) in [6, 6.07) is 17.6. The largest absolute Gasteiger partial charge is 0.326 e. The third kappa shape index (κ3) is 6.02. The third-order valence-corrected chi connectivity index (χ3v) is 8.26. The van der Waals surface area contributed by atoms with Gasteiger partial charge in [-0.1, -0.05) is 35.3 Å². The minimum absolute atomic E-state index is 0.0404. The maximum absolute atomic E-state index is 13.7. The molecule has 1 saturated heterocycles. The Kier molecular flexibility index (Phi) is 7.99. The normalized spacial score (nSPS) is 15.9. The number of halogens is 2. The van der Waals surface area contributed by atoms with Crippen LogP contribution in [0.4, 0.5) is 11.4 Å². The van der Waals surface area contributed by atoms with E-state index in [9.17, 15) is 22.8 Å². The fourth-order valence-corrected chi connectivity index (χ4v) is 6.05. The maximum atomic E-state index is 13.7. The van der Waals surface area contributed by atoms with E-state index in [1.165, 1.54) is 43.3 Å². The van der Waals surface area contributed by atoms with Crippen LogP contribution in [0.1, 0.15) is 18.9 Å². The number of hydrogen-bond donors (Lipinski definition) is 1. The molecular formula is C26H23Cl2N3O5S. The summed E-state index contributed by atoms with van der Waals surface area (Å²) in [7, 11) is -4.17. The smallest absolute Gasteiger partial charge is 0.252 e. The molecule has 3 amide bonds. The zero-order valence-corrected chi connectivity index (χ0v) is 22.1. The van der Waals surface area contributed by atoms with Crippen molar-refractivity contribution in [3.63, 3.8) is 0 Å². The Bertz CT molecular complexity index is 1440. The summed E-state index contributed by atoms with van der Waals surface area (Å²) < 4.78 is 28.5. The molecule has 0 aliphatic carbocycles. The van der Waals surface area contributed by atoms with Crippen molar-refractivity contribution in [1.82, 2.24) is 4.31 Å². The van der Waals surface area contributed by atoms with Crippen molar-refractivity contribution in [1.29, 1.82) is 0 Å². The first-order valence-corrected chi connectivity index (χ1v) is 13.5. The van der Waals surface area contributed by atoms with E-state index in [2.05, 4.69) is 5.32 Å². The number of carbonyl (C=O) groups excluding carboxylic acids is 3. The molecule has 1 aliphatic heterocycles. The number of amides is 3. The number of anilines is 2. The number of rotatable bonds is 8. The molecule has 1 unspecified atom stereocenters. The molecule has 4 rings (SSSR count). The highest BCUT2D eigenvalue weighted by Gasteiger charge is 2.46. The van der Waals surface area contributed by atoms with Gasteiger partial charge in [-0.05, 0) is 72.6 Å². The number of sulfonamides is 1. The van der Waals surface area contributed by atoms with E-state index in [0.29, 0.717) is 15.7 Å². The topological polar surface area (TPSA) is 104 Å². The highest BCUT2D eigenvalue weighted by Crippen LogP contribution is 2.30. The van der Waals surface area contributed by atoms with Gasteiger partial charge in [0, 0.05) is 29.2 Å². The summed E-state index contributed by atoms with van der Waals surface area (Å²) in [4.78, 5) is 38.7. The maximum Gasteiger partial charge on any atom is 0.252 e. The minimum atomic E-state index is -4.17. The second-order valence-corrected chi connectivity index (χ2v) is 11.2. The quantitative estimate of drug-likeness (QED) is 0.408. The van der Waals surface area contributed by atoms with Crippen LogP contribution < -0.4 is 10.2 Å². The first-order chi connectivity index (χ1) is 17.6. The molecule has 1 N–H and O–H groups in total. The molecule has 1 heterocycles. The summed E-state index contributed by atoms with van der Waals surface area (Å²) in [6.45, 7) is 1.31. The Balaban J connectivity index is 1.66. The molecule has 11 heteroatoms. The van der Waals surface area contributed by atoms with Crippen LogP contribution in [-0.2, 0) is 30.8 Å². The van der Waals surface area contributed by atoms with Gasteiger partial charge in [0.25, 0.3) is 5.91 Å².